The lowest BCUT2D eigenvalue weighted by Gasteiger charge is -2.25. The first kappa shape index (κ1) is 15.3. The minimum atomic E-state index is -0.0112. The van der Waals surface area contributed by atoms with Crippen molar-refractivity contribution in [3.8, 4) is 6.07 Å². The van der Waals surface area contributed by atoms with E-state index in [1.807, 2.05) is 18.2 Å². The second kappa shape index (κ2) is 7.65. The third-order valence-electron chi connectivity index (χ3n) is 3.67. The molecule has 1 amide bonds. The Morgan fingerprint density at radius 2 is 2.33 bits per heavy atom. The number of anilines is 1. The number of fused-ring (bicyclic) bond motifs is 1. The van der Waals surface area contributed by atoms with Crippen LogP contribution in [0.1, 0.15) is 28.8 Å². The van der Waals surface area contributed by atoms with E-state index in [4.69, 9.17) is 10.00 Å². The van der Waals surface area contributed by atoms with Gasteiger partial charge in [0.25, 0.3) is 5.91 Å². The number of nitriles is 1. The molecule has 1 N–H and O–H groups in total. The topological polar surface area (TPSA) is 65.4 Å². The van der Waals surface area contributed by atoms with E-state index in [1.54, 1.807) is 12.0 Å². The second-order valence-corrected chi connectivity index (χ2v) is 5.06. The number of carbonyl (C=O) groups excluding carboxylic acids is 1. The van der Waals surface area contributed by atoms with Gasteiger partial charge in [0.2, 0.25) is 0 Å². The summed E-state index contributed by atoms with van der Waals surface area (Å²) in [5.41, 5.74) is 2.89. The van der Waals surface area contributed by atoms with Crippen LogP contribution in [0.15, 0.2) is 18.2 Å². The van der Waals surface area contributed by atoms with Gasteiger partial charge in [0.1, 0.15) is 0 Å². The van der Waals surface area contributed by atoms with Crippen LogP contribution < -0.4 is 5.32 Å². The van der Waals surface area contributed by atoms with Crippen molar-refractivity contribution in [2.75, 3.05) is 38.7 Å². The lowest BCUT2D eigenvalue weighted by Crippen LogP contribution is -2.35. The number of nitrogens with zero attached hydrogens (tertiary/aromatic N) is 2. The van der Waals surface area contributed by atoms with E-state index in [2.05, 4.69) is 11.4 Å². The van der Waals surface area contributed by atoms with Crippen molar-refractivity contribution >= 4 is 11.6 Å². The van der Waals surface area contributed by atoms with Crippen LogP contribution in [0.2, 0.25) is 0 Å². The Labute approximate surface area is 125 Å². The molecule has 0 aromatic heterocycles. The summed E-state index contributed by atoms with van der Waals surface area (Å²) < 4.78 is 5.06. The van der Waals surface area contributed by atoms with Gasteiger partial charge in [-0.15, -0.1) is 0 Å². The van der Waals surface area contributed by atoms with Gasteiger partial charge in [-0.3, -0.25) is 4.79 Å². The molecule has 5 heteroatoms. The third-order valence-corrected chi connectivity index (χ3v) is 3.67. The average molecular weight is 287 g/mol. The van der Waals surface area contributed by atoms with E-state index in [-0.39, 0.29) is 5.91 Å². The first-order valence-electron chi connectivity index (χ1n) is 7.29. The number of rotatable bonds is 6. The Kier molecular flexibility index (Phi) is 5.59. The third kappa shape index (κ3) is 3.73. The summed E-state index contributed by atoms with van der Waals surface area (Å²) in [6.07, 6.45) is 2.29. The van der Waals surface area contributed by atoms with Gasteiger partial charge in [0.05, 0.1) is 19.1 Å². The lowest BCUT2D eigenvalue weighted by atomic mass is 9.96. The molecular formula is C16H21N3O2. The van der Waals surface area contributed by atoms with Gasteiger partial charge in [-0.25, -0.2) is 0 Å². The molecule has 0 saturated carbocycles. The van der Waals surface area contributed by atoms with E-state index in [0.717, 1.165) is 36.2 Å². The molecule has 0 fully saturated rings. The van der Waals surface area contributed by atoms with Gasteiger partial charge >= 0.3 is 0 Å². The molecule has 0 bridgehead atoms. The largest absolute Gasteiger partial charge is 0.385 e. The molecule has 0 atom stereocenters. The van der Waals surface area contributed by atoms with Gasteiger partial charge in [0, 0.05) is 38.0 Å². The number of methoxy groups -OCH3 is 1. The summed E-state index contributed by atoms with van der Waals surface area (Å²) in [5, 5.41) is 12.1. The molecule has 1 heterocycles. The maximum Gasteiger partial charge on any atom is 0.254 e. The van der Waals surface area contributed by atoms with Gasteiger partial charge in [-0.1, -0.05) is 6.07 Å². The van der Waals surface area contributed by atoms with Gasteiger partial charge in [0.15, 0.2) is 0 Å². The van der Waals surface area contributed by atoms with Crippen LogP contribution in [-0.4, -0.2) is 44.2 Å². The van der Waals surface area contributed by atoms with Crippen LogP contribution in [-0.2, 0) is 11.2 Å². The average Bonchev–Trinajstić information content (AvgIpc) is 2.54. The summed E-state index contributed by atoms with van der Waals surface area (Å²) in [7, 11) is 1.61. The molecule has 112 valence electrons. The molecule has 1 aromatic rings. The SMILES string of the molecule is COCCN(CCC#N)C(=O)c1cccc2c1CCCN2. The molecule has 5 nitrogen and oxygen atoms in total. The predicted octanol–water partition coefficient (Wildman–Crippen LogP) is 2.05. The predicted molar refractivity (Wildman–Crippen MR) is 81.3 cm³/mol. The van der Waals surface area contributed by atoms with Crippen molar-refractivity contribution in [3.63, 3.8) is 0 Å². The van der Waals surface area contributed by atoms with Crippen molar-refractivity contribution < 1.29 is 9.53 Å². The Bertz CT molecular complexity index is 537. The fraction of sp³-hybridized carbons (Fsp3) is 0.500. The minimum absolute atomic E-state index is 0.0112. The first-order valence-corrected chi connectivity index (χ1v) is 7.29. The zero-order valence-electron chi connectivity index (χ0n) is 12.4. The first-order chi connectivity index (χ1) is 10.3. The monoisotopic (exact) mass is 287 g/mol. The van der Waals surface area contributed by atoms with E-state index in [0.29, 0.717) is 26.1 Å². The molecular weight excluding hydrogens is 266 g/mol. The van der Waals surface area contributed by atoms with Crippen LogP contribution in [0.4, 0.5) is 5.69 Å². The molecule has 1 aliphatic heterocycles. The van der Waals surface area contributed by atoms with Crippen molar-refractivity contribution in [1.82, 2.24) is 4.90 Å². The Balaban J connectivity index is 2.21. The highest BCUT2D eigenvalue weighted by Gasteiger charge is 2.21. The van der Waals surface area contributed by atoms with E-state index >= 15 is 0 Å². The summed E-state index contributed by atoms with van der Waals surface area (Å²) in [5.74, 6) is -0.0112. The van der Waals surface area contributed by atoms with Crippen molar-refractivity contribution in [3.05, 3.63) is 29.3 Å². The smallest absolute Gasteiger partial charge is 0.254 e. The standard InChI is InChI=1S/C16H21N3O2/c1-21-12-11-19(10-4-8-17)16(20)14-5-2-7-15-13(14)6-3-9-18-15/h2,5,7,18H,3-4,6,9-12H2,1H3. The molecule has 1 aromatic carbocycles. The normalized spacial score (nSPS) is 13.0. The molecule has 21 heavy (non-hydrogen) atoms. The Morgan fingerprint density at radius 1 is 1.48 bits per heavy atom. The summed E-state index contributed by atoms with van der Waals surface area (Å²) in [6, 6.07) is 7.89. The second-order valence-electron chi connectivity index (χ2n) is 5.06. The van der Waals surface area contributed by atoms with Crippen molar-refractivity contribution in [1.29, 1.82) is 5.26 Å². The molecule has 0 saturated heterocycles. The van der Waals surface area contributed by atoms with Gasteiger partial charge < -0.3 is 15.0 Å². The number of hydrogen-bond donors (Lipinski definition) is 1. The number of carbonyl (C=O) groups is 1. The molecule has 0 unspecified atom stereocenters. The lowest BCUT2D eigenvalue weighted by molar-refractivity contribution is 0.0698. The fourth-order valence-electron chi connectivity index (χ4n) is 2.58. The molecule has 2 rings (SSSR count). The van der Waals surface area contributed by atoms with Crippen molar-refractivity contribution in [2.45, 2.75) is 19.3 Å². The molecule has 0 radical (unpaired) electrons. The molecule has 0 aliphatic carbocycles. The number of benzene rings is 1. The minimum Gasteiger partial charge on any atom is -0.385 e. The maximum absolute atomic E-state index is 12.8. The number of amides is 1. The van der Waals surface area contributed by atoms with Crippen LogP contribution in [0, 0.1) is 11.3 Å². The summed E-state index contributed by atoms with van der Waals surface area (Å²) in [4.78, 5) is 14.5. The van der Waals surface area contributed by atoms with E-state index in [9.17, 15) is 4.79 Å². The van der Waals surface area contributed by atoms with Gasteiger partial charge in [-0.05, 0) is 30.5 Å². The van der Waals surface area contributed by atoms with Crippen LogP contribution >= 0.6 is 0 Å². The molecule has 0 spiro atoms. The number of nitrogens with one attached hydrogen (secondary N) is 1. The summed E-state index contributed by atoms with van der Waals surface area (Å²) >= 11 is 0. The summed E-state index contributed by atoms with van der Waals surface area (Å²) in [6.45, 7) is 2.38. The quantitative estimate of drug-likeness (QED) is 0.869. The van der Waals surface area contributed by atoms with Crippen LogP contribution in [0.3, 0.4) is 0 Å². The highest BCUT2D eigenvalue weighted by molar-refractivity contribution is 5.97. The Morgan fingerprint density at radius 3 is 3.10 bits per heavy atom. The van der Waals surface area contributed by atoms with E-state index < -0.39 is 0 Å². The maximum atomic E-state index is 12.8. The highest BCUT2D eigenvalue weighted by Crippen LogP contribution is 2.26. The number of ether oxygens (including phenoxy) is 1. The Hall–Kier alpha value is -2.06. The zero-order valence-corrected chi connectivity index (χ0v) is 12.4. The zero-order chi connectivity index (χ0) is 15.1. The van der Waals surface area contributed by atoms with Crippen LogP contribution in [0.25, 0.3) is 0 Å². The van der Waals surface area contributed by atoms with Gasteiger partial charge in [-0.2, -0.15) is 5.26 Å². The van der Waals surface area contributed by atoms with Crippen LogP contribution in [0.5, 0.6) is 0 Å². The fourth-order valence-corrected chi connectivity index (χ4v) is 2.58. The highest BCUT2D eigenvalue weighted by atomic mass is 16.5. The van der Waals surface area contributed by atoms with E-state index in [1.165, 1.54) is 0 Å². The number of hydrogen-bond acceptors (Lipinski definition) is 4. The van der Waals surface area contributed by atoms with Crippen molar-refractivity contribution in [2.24, 2.45) is 0 Å². The molecule has 1 aliphatic rings.